The lowest BCUT2D eigenvalue weighted by Gasteiger charge is -2.04. The quantitative estimate of drug-likeness (QED) is 0.764. The molecule has 1 unspecified atom stereocenters. The fourth-order valence-corrected chi connectivity index (χ4v) is 2.07. The number of aryl methyl sites for hydroxylation is 1. The Balaban J connectivity index is 2.32. The summed E-state index contributed by atoms with van der Waals surface area (Å²) >= 11 is 6.02. The van der Waals surface area contributed by atoms with Gasteiger partial charge in [0, 0.05) is 12.7 Å². The molecule has 19 heavy (non-hydrogen) atoms. The third-order valence-corrected chi connectivity index (χ3v) is 3.46. The molecule has 1 atom stereocenters. The summed E-state index contributed by atoms with van der Waals surface area (Å²) in [5.41, 5.74) is 2.29. The molecule has 102 valence electrons. The second-order valence-corrected chi connectivity index (χ2v) is 5.19. The summed E-state index contributed by atoms with van der Waals surface area (Å²) in [7, 11) is 1.54. The molecule has 0 fully saturated rings. The molecular formula is C15H18ClNO2. The lowest BCUT2D eigenvalue weighted by atomic mass is 10.0. The third kappa shape index (κ3) is 2.99. The summed E-state index contributed by atoms with van der Waals surface area (Å²) < 4.78 is 10.7. The van der Waals surface area contributed by atoms with Crippen molar-refractivity contribution in [2.24, 2.45) is 0 Å². The highest BCUT2D eigenvalue weighted by molar-refractivity contribution is 6.19. The third-order valence-electron chi connectivity index (χ3n) is 3.08. The molecule has 0 aliphatic carbocycles. The second kappa shape index (κ2) is 5.76. The Bertz CT molecular complexity index is 546. The molecule has 2 aromatic rings. The molecule has 4 heteroatoms. The number of aromatic nitrogens is 1. The van der Waals surface area contributed by atoms with Crippen molar-refractivity contribution in [1.29, 1.82) is 0 Å². The normalized spacial score (nSPS) is 12.9. The van der Waals surface area contributed by atoms with Crippen LogP contribution in [0.2, 0.25) is 0 Å². The van der Waals surface area contributed by atoms with Crippen LogP contribution in [0.25, 0.3) is 11.5 Å². The predicted octanol–water partition coefficient (Wildman–Crippen LogP) is 4.66. The SMILES string of the molecule is COC(Cl)c1nc(-c2ccc(C(C)C)cc2)oc1C. The first-order valence-electron chi connectivity index (χ1n) is 6.27. The minimum Gasteiger partial charge on any atom is -0.441 e. The van der Waals surface area contributed by atoms with Gasteiger partial charge in [0.25, 0.3) is 0 Å². The average molecular weight is 280 g/mol. The van der Waals surface area contributed by atoms with E-state index in [1.165, 1.54) is 5.56 Å². The number of halogens is 1. The smallest absolute Gasteiger partial charge is 0.226 e. The average Bonchev–Trinajstić information content (AvgIpc) is 2.80. The van der Waals surface area contributed by atoms with Gasteiger partial charge >= 0.3 is 0 Å². The van der Waals surface area contributed by atoms with E-state index in [1.54, 1.807) is 7.11 Å². The zero-order valence-corrected chi connectivity index (χ0v) is 12.4. The number of rotatable bonds is 4. The van der Waals surface area contributed by atoms with E-state index in [1.807, 2.05) is 19.1 Å². The van der Waals surface area contributed by atoms with Crippen molar-refractivity contribution in [3.63, 3.8) is 0 Å². The first-order chi connectivity index (χ1) is 9.02. The molecule has 0 amide bonds. The first-order valence-corrected chi connectivity index (χ1v) is 6.71. The van der Waals surface area contributed by atoms with Crippen LogP contribution in [0.3, 0.4) is 0 Å². The topological polar surface area (TPSA) is 35.3 Å². The van der Waals surface area contributed by atoms with Gasteiger partial charge in [0.15, 0.2) is 5.56 Å². The molecule has 0 radical (unpaired) electrons. The molecule has 0 aliphatic heterocycles. The van der Waals surface area contributed by atoms with Gasteiger partial charge in [0.2, 0.25) is 5.89 Å². The summed E-state index contributed by atoms with van der Waals surface area (Å²) in [6.07, 6.45) is 0. The minimum absolute atomic E-state index is 0.511. The predicted molar refractivity (Wildman–Crippen MR) is 76.4 cm³/mol. The number of alkyl halides is 1. The number of hydrogen-bond donors (Lipinski definition) is 0. The first kappa shape index (κ1) is 14.1. The summed E-state index contributed by atoms with van der Waals surface area (Å²) in [6.45, 7) is 6.17. The van der Waals surface area contributed by atoms with E-state index in [0.717, 1.165) is 5.56 Å². The van der Waals surface area contributed by atoms with Crippen LogP contribution in [0.5, 0.6) is 0 Å². The second-order valence-electron chi connectivity index (χ2n) is 4.79. The zero-order chi connectivity index (χ0) is 14.0. The molecule has 0 bridgehead atoms. The van der Waals surface area contributed by atoms with Gasteiger partial charge in [-0.2, -0.15) is 0 Å². The maximum atomic E-state index is 6.02. The Labute approximate surface area is 118 Å². The highest BCUT2D eigenvalue weighted by Crippen LogP contribution is 2.29. The van der Waals surface area contributed by atoms with E-state index in [0.29, 0.717) is 23.3 Å². The molecule has 1 aromatic heterocycles. The lowest BCUT2D eigenvalue weighted by molar-refractivity contribution is 0.165. The van der Waals surface area contributed by atoms with E-state index in [-0.39, 0.29) is 0 Å². The van der Waals surface area contributed by atoms with Gasteiger partial charge in [-0.25, -0.2) is 4.98 Å². The molecule has 0 spiro atoms. The summed E-state index contributed by atoms with van der Waals surface area (Å²) in [4.78, 5) is 4.40. The summed E-state index contributed by atoms with van der Waals surface area (Å²) in [5.74, 6) is 1.77. The van der Waals surface area contributed by atoms with Crippen LogP contribution in [0.4, 0.5) is 0 Å². The lowest BCUT2D eigenvalue weighted by Crippen LogP contribution is -1.95. The zero-order valence-electron chi connectivity index (χ0n) is 11.6. The molecule has 1 aromatic carbocycles. The molecule has 2 rings (SSSR count). The number of oxazole rings is 1. The molecular weight excluding hydrogens is 262 g/mol. The van der Waals surface area contributed by atoms with Crippen molar-refractivity contribution in [2.75, 3.05) is 7.11 Å². The van der Waals surface area contributed by atoms with Gasteiger partial charge in [-0.1, -0.05) is 37.6 Å². The molecule has 1 heterocycles. The van der Waals surface area contributed by atoms with Crippen LogP contribution in [-0.4, -0.2) is 12.1 Å². The molecule has 0 aliphatic rings. The van der Waals surface area contributed by atoms with Gasteiger partial charge in [-0.05, 0) is 30.5 Å². The number of nitrogens with zero attached hydrogens (tertiary/aromatic N) is 1. The summed E-state index contributed by atoms with van der Waals surface area (Å²) in [6, 6.07) is 8.21. The van der Waals surface area contributed by atoms with Gasteiger partial charge in [-0.3, -0.25) is 0 Å². The molecule has 0 saturated carbocycles. The minimum atomic E-state index is -0.576. The van der Waals surface area contributed by atoms with Crippen molar-refractivity contribution in [3.8, 4) is 11.5 Å². The van der Waals surface area contributed by atoms with Crippen LogP contribution >= 0.6 is 11.6 Å². The Morgan fingerprint density at radius 3 is 2.37 bits per heavy atom. The fraction of sp³-hybridized carbons (Fsp3) is 0.400. The highest BCUT2D eigenvalue weighted by atomic mass is 35.5. The largest absolute Gasteiger partial charge is 0.441 e. The van der Waals surface area contributed by atoms with Crippen LogP contribution < -0.4 is 0 Å². The van der Waals surface area contributed by atoms with E-state index >= 15 is 0 Å². The molecule has 0 N–H and O–H groups in total. The number of hydrogen-bond acceptors (Lipinski definition) is 3. The fourth-order valence-electron chi connectivity index (χ4n) is 1.86. The van der Waals surface area contributed by atoms with Crippen molar-refractivity contribution < 1.29 is 9.15 Å². The van der Waals surface area contributed by atoms with Crippen LogP contribution in [0.15, 0.2) is 28.7 Å². The number of methoxy groups -OCH3 is 1. The highest BCUT2D eigenvalue weighted by Gasteiger charge is 2.18. The van der Waals surface area contributed by atoms with Gasteiger partial charge in [0.1, 0.15) is 11.5 Å². The van der Waals surface area contributed by atoms with E-state index in [9.17, 15) is 0 Å². The van der Waals surface area contributed by atoms with Gasteiger partial charge in [-0.15, -0.1) is 0 Å². The Morgan fingerprint density at radius 2 is 1.84 bits per heavy atom. The van der Waals surface area contributed by atoms with Crippen molar-refractivity contribution in [3.05, 3.63) is 41.3 Å². The van der Waals surface area contributed by atoms with Crippen molar-refractivity contribution in [1.82, 2.24) is 4.98 Å². The Hall–Kier alpha value is -1.32. The van der Waals surface area contributed by atoms with Crippen LogP contribution in [0, 0.1) is 6.92 Å². The maximum absolute atomic E-state index is 6.02. The van der Waals surface area contributed by atoms with E-state index in [2.05, 4.69) is 31.0 Å². The molecule has 3 nitrogen and oxygen atoms in total. The van der Waals surface area contributed by atoms with Crippen LogP contribution in [0.1, 0.15) is 42.3 Å². The Kier molecular flexibility index (Phi) is 4.27. The van der Waals surface area contributed by atoms with Gasteiger partial charge in [0.05, 0.1) is 0 Å². The monoisotopic (exact) mass is 279 g/mol. The van der Waals surface area contributed by atoms with E-state index < -0.39 is 5.56 Å². The maximum Gasteiger partial charge on any atom is 0.226 e. The summed E-state index contributed by atoms with van der Waals surface area (Å²) in [5, 5.41) is 0. The Morgan fingerprint density at radius 1 is 1.21 bits per heavy atom. The standard InChI is InChI=1S/C15H18ClNO2/c1-9(2)11-5-7-12(8-6-11)15-17-13(10(3)19-15)14(16)18-4/h5-9,14H,1-4H3. The van der Waals surface area contributed by atoms with Crippen LogP contribution in [-0.2, 0) is 4.74 Å². The van der Waals surface area contributed by atoms with Crippen molar-refractivity contribution >= 4 is 11.6 Å². The number of ether oxygens (including phenoxy) is 1. The number of benzene rings is 1. The molecule has 0 saturated heterocycles. The van der Waals surface area contributed by atoms with Gasteiger partial charge < -0.3 is 9.15 Å². The van der Waals surface area contributed by atoms with E-state index in [4.69, 9.17) is 20.8 Å². The van der Waals surface area contributed by atoms with Crippen molar-refractivity contribution in [2.45, 2.75) is 32.3 Å².